The van der Waals surface area contributed by atoms with E-state index in [9.17, 15) is 14.0 Å². The third kappa shape index (κ3) is 2.53. The lowest BCUT2D eigenvalue weighted by atomic mass is 10.1. The van der Waals surface area contributed by atoms with E-state index in [1.807, 2.05) is 18.7 Å². The van der Waals surface area contributed by atoms with Crippen molar-refractivity contribution in [2.24, 2.45) is 5.92 Å². The molecule has 1 heterocycles. The molecule has 1 amide bonds. The zero-order valence-electron chi connectivity index (χ0n) is 12.2. The molecule has 0 unspecified atom stereocenters. The molecule has 1 aliphatic rings. The average Bonchev–Trinajstić information content (AvgIpc) is 2.61. The van der Waals surface area contributed by atoms with Gasteiger partial charge >= 0.3 is 0 Å². The van der Waals surface area contributed by atoms with E-state index >= 15 is 0 Å². The molecule has 0 atom stereocenters. The van der Waals surface area contributed by atoms with Gasteiger partial charge in [-0.3, -0.25) is 9.59 Å². The highest BCUT2D eigenvalue weighted by Crippen LogP contribution is 2.32. The summed E-state index contributed by atoms with van der Waals surface area (Å²) in [5.74, 6) is -1.47. The predicted molar refractivity (Wildman–Crippen MR) is 76.7 cm³/mol. The number of nitrogens with one attached hydrogen (secondary N) is 1. The highest BCUT2D eigenvalue weighted by molar-refractivity contribution is 6.51. The fourth-order valence-corrected chi connectivity index (χ4v) is 2.36. The van der Waals surface area contributed by atoms with Gasteiger partial charge in [0.1, 0.15) is 5.82 Å². The Labute approximate surface area is 118 Å². The quantitative estimate of drug-likeness (QED) is 0.862. The van der Waals surface area contributed by atoms with Gasteiger partial charge in [0, 0.05) is 12.6 Å². The summed E-state index contributed by atoms with van der Waals surface area (Å²) in [6.07, 6.45) is 0. The molecule has 4 nitrogen and oxygen atoms in total. The Morgan fingerprint density at radius 2 is 1.85 bits per heavy atom. The third-order valence-corrected chi connectivity index (χ3v) is 3.28. The van der Waals surface area contributed by atoms with Crippen molar-refractivity contribution in [3.05, 3.63) is 23.5 Å². The number of fused-ring (bicyclic) bond motifs is 1. The monoisotopic (exact) mass is 278 g/mol. The second-order valence-electron chi connectivity index (χ2n) is 5.77. The first-order valence-electron chi connectivity index (χ1n) is 6.77. The highest BCUT2D eigenvalue weighted by atomic mass is 19.1. The SMILES string of the molecule is CC(C)CN(c1cc2c(cc1F)C(=O)C(=O)N2)C(C)C. The minimum absolute atomic E-state index is 0.115. The smallest absolute Gasteiger partial charge is 0.296 e. The van der Waals surface area contributed by atoms with Crippen molar-refractivity contribution < 1.29 is 14.0 Å². The fourth-order valence-electron chi connectivity index (χ4n) is 2.36. The van der Waals surface area contributed by atoms with Crippen molar-refractivity contribution in [3.63, 3.8) is 0 Å². The number of amides is 1. The topological polar surface area (TPSA) is 49.4 Å². The Balaban J connectivity index is 2.45. The predicted octanol–water partition coefficient (Wildman–Crippen LogP) is 2.83. The summed E-state index contributed by atoms with van der Waals surface area (Å²) in [6, 6.07) is 2.83. The van der Waals surface area contributed by atoms with Crippen LogP contribution in [0.15, 0.2) is 12.1 Å². The molecule has 5 heteroatoms. The van der Waals surface area contributed by atoms with Crippen LogP contribution in [0.2, 0.25) is 0 Å². The number of benzene rings is 1. The van der Waals surface area contributed by atoms with Crippen LogP contribution in [0.4, 0.5) is 15.8 Å². The number of Topliss-reactive ketones (excluding diaryl/α,β-unsaturated/α-hetero) is 1. The second-order valence-corrected chi connectivity index (χ2v) is 5.77. The van der Waals surface area contributed by atoms with E-state index in [1.54, 1.807) is 6.07 Å². The zero-order valence-corrected chi connectivity index (χ0v) is 12.2. The molecule has 0 bridgehead atoms. The number of anilines is 2. The van der Waals surface area contributed by atoms with Gasteiger partial charge < -0.3 is 10.2 Å². The molecule has 1 aromatic rings. The van der Waals surface area contributed by atoms with Gasteiger partial charge in [-0.15, -0.1) is 0 Å². The van der Waals surface area contributed by atoms with Gasteiger partial charge in [-0.05, 0) is 31.9 Å². The second kappa shape index (κ2) is 5.23. The Hall–Kier alpha value is -1.91. The lowest BCUT2D eigenvalue weighted by molar-refractivity contribution is -0.112. The summed E-state index contributed by atoms with van der Waals surface area (Å²) in [6.45, 7) is 8.80. The van der Waals surface area contributed by atoms with E-state index in [4.69, 9.17) is 0 Å². The van der Waals surface area contributed by atoms with E-state index in [0.717, 1.165) is 6.07 Å². The third-order valence-electron chi connectivity index (χ3n) is 3.28. The normalized spacial score (nSPS) is 13.9. The number of hydrogen-bond donors (Lipinski definition) is 1. The van der Waals surface area contributed by atoms with E-state index in [1.165, 1.54) is 0 Å². The summed E-state index contributed by atoms with van der Waals surface area (Å²) in [5, 5.41) is 2.48. The number of halogens is 1. The van der Waals surface area contributed by atoms with Crippen LogP contribution < -0.4 is 10.2 Å². The number of hydrogen-bond acceptors (Lipinski definition) is 3. The van der Waals surface area contributed by atoms with Crippen LogP contribution in [-0.2, 0) is 4.79 Å². The maximum Gasteiger partial charge on any atom is 0.296 e. The molecular formula is C15H19FN2O2. The highest BCUT2D eigenvalue weighted by Gasteiger charge is 2.30. The van der Waals surface area contributed by atoms with Crippen LogP contribution in [-0.4, -0.2) is 24.3 Å². The molecule has 1 N–H and O–H groups in total. The molecule has 108 valence electrons. The standard InChI is InChI=1S/C15H19FN2O2/c1-8(2)7-18(9(3)4)13-6-12-10(5-11(13)16)14(19)15(20)17-12/h5-6,8-9H,7H2,1-4H3,(H,17,19,20). The van der Waals surface area contributed by atoms with Crippen LogP contribution in [0.5, 0.6) is 0 Å². The van der Waals surface area contributed by atoms with Gasteiger partial charge in [0.2, 0.25) is 0 Å². The molecule has 0 saturated heterocycles. The molecule has 0 radical (unpaired) electrons. The first-order valence-corrected chi connectivity index (χ1v) is 6.77. The van der Waals surface area contributed by atoms with Crippen LogP contribution >= 0.6 is 0 Å². The van der Waals surface area contributed by atoms with Crippen LogP contribution in [0, 0.1) is 11.7 Å². The van der Waals surface area contributed by atoms with Gasteiger partial charge in [-0.25, -0.2) is 4.39 Å². The van der Waals surface area contributed by atoms with E-state index < -0.39 is 17.5 Å². The van der Waals surface area contributed by atoms with Gasteiger partial charge in [0.15, 0.2) is 0 Å². The molecule has 0 aromatic heterocycles. The van der Waals surface area contributed by atoms with Crippen molar-refractivity contribution in [2.75, 3.05) is 16.8 Å². The molecule has 0 aliphatic carbocycles. The summed E-state index contributed by atoms with van der Waals surface area (Å²) in [7, 11) is 0. The van der Waals surface area contributed by atoms with Crippen molar-refractivity contribution >= 4 is 23.1 Å². The number of rotatable bonds is 4. The van der Waals surface area contributed by atoms with Gasteiger partial charge in [-0.1, -0.05) is 13.8 Å². The van der Waals surface area contributed by atoms with Gasteiger partial charge in [-0.2, -0.15) is 0 Å². The average molecular weight is 278 g/mol. The molecule has 1 aliphatic heterocycles. The lowest BCUT2D eigenvalue weighted by Crippen LogP contribution is -2.34. The number of nitrogens with zero attached hydrogens (tertiary/aromatic N) is 1. The summed E-state index contributed by atoms with van der Waals surface area (Å²) < 4.78 is 14.3. The lowest BCUT2D eigenvalue weighted by Gasteiger charge is -2.31. The largest absolute Gasteiger partial charge is 0.366 e. The van der Waals surface area contributed by atoms with Crippen molar-refractivity contribution in [1.29, 1.82) is 0 Å². The molecule has 1 aromatic carbocycles. The number of carbonyl (C=O) groups excluding carboxylic acids is 2. The van der Waals surface area contributed by atoms with Gasteiger partial charge in [0.05, 0.1) is 16.9 Å². The first kappa shape index (κ1) is 14.5. The van der Waals surface area contributed by atoms with Crippen LogP contribution in [0.3, 0.4) is 0 Å². The number of ketones is 1. The van der Waals surface area contributed by atoms with E-state index in [0.29, 0.717) is 23.8 Å². The van der Waals surface area contributed by atoms with E-state index in [-0.39, 0.29) is 11.6 Å². The molecule has 20 heavy (non-hydrogen) atoms. The van der Waals surface area contributed by atoms with Crippen molar-refractivity contribution in [2.45, 2.75) is 33.7 Å². The minimum Gasteiger partial charge on any atom is -0.366 e. The Morgan fingerprint density at radius 1 is 1.20 bits per heavy atom. The Morgan fingerprint density at radius 3 is 2.40 bits per heavy atom. The van der Waals surface area contributed by atoms with Crippen LogP contribution in [0.1, 0.15) is 38.1 Å². The molecule has 0 fully saturated rings. The van der Waals surface area contributed by atoms with Crippen LogP contribution in [0.25, 0.3) is 0 Å². The van der Waals surface area contributed by atoms with Crippen molar-refractivity contribution in [3.8, 4) is 0 Å². The Kier molecular flexibility index (Phi) is 3.79. The maximum atomic E-state index is 14.3. The Bertz CT molecular complexity index is 567. The maximum absolute atomic E-state index is 14.3. The van der Waals surface area contributed by atoms with Gasteiger partial charge in [0.25, 0.3) is 11.7 Å². The first-order chi connectivity index (χ1) is 9.31. The summed E-state index contributed by atoms with van der Waals surface area (Å²) in [5.41, 5.74) is 0.928. The van der Waals surface area contributed by atoms with Crippen molar-refractivity contribution in [1.82, 2.24) is 0 Å². The fraction of sp³-hybridized carbons (Fsp3) is 0.467. The molecule has 0 saturated carbocycles. The molecular weight excluding hydrogens is 259 g/mol. The molecule has 2 rings (SSSR count). The van der Waals surface area contributed by atoms with E-state index in [2.05, 4.69) is 19.2 Å². The summed E-state index contributed by atoms with van der Waals surface area (Å²) in [4.78, 5) is 24.8. The number of carbonyl (C=O) groups is 2. The summed E-state index contributed by atoms with van der Waals surface area (Å²) >= 11 is 0. The molecule has 0 spiro atoms. The zero-order chi connectivity index (χ0) is 15.0. The minimum atomic E-state index is -0.698.